The molecule has 0 bridgehead atoms. The molecule has 0 aliphatic carbocycles. The van der Waals surface area contributed by atoms with Crippen molar-refractivity contribution in [1.82, 2.24) is 0 Å². The van der Waals surface area contributed by atoms with Gasteiger partial charge < -0.3 is 15.3 Å². The molecule has 0 aliphatic rings. The number of hydrogen-bond acceptors (Lipinski definition) is 3. The van der Waals surface area contributed by atoms with E-state index in [1.807, 2.05) is 0 Å². The molecule has 46 valence electrons. The Balaban J connectivity index is 4.54. The standard InChI is InChI=1S/C5H8O3/c1-2-5(8,3-6)4-7/h1,6-8H,3-4H2/i3D2/t5-/m1/s1. The molecule has 3 heteroatoms. The molecule has 0 spiro atoms. The molecule has 0 heterocycles. The smallest absolute Gasteiger partial charge is 0.171 e. The third-order valence-electron chi connectivity index (χ3n) is 0.653. The topological polar surface area (TPSA) is 60.7 Å². The maximum atomic E-state index is 8.85. The average molecular weight is 118 g/mol. The third kappa shape index (κ3) is 1.51. The van der Waals surface area contributed by atoms with Crippen LogP contribution in [0.4, 0.5) is 0 Å². The number of terminal acetylenes is 1. The van der Waals surface area contributed by atoms with Crippen molar-refractivity contribution in [2.75, 3.05) is 13.2 Å². The van der Waals surface area contributed by atoms with Crippen LogP contribution in [0.2, 0.25) is 0 Å². The lowest BCUT2D eigenvalue weighted by molar-refractivity contribution is -0.00926. The molecule has 1 atom stereocenters. The minimum Gasteiger partial charge on any atom is -0.392 e. The molecule has 3 nitrogen and oxygen atoms in total. The highest BCUT2D eigenvalue weighted by atomic mass is 16.4. The highest BCUT2D eigenvalue weighted by Crippen LogP contribution is 1.96. The molecule has 0 radical (unpaired) electrons. The molecule has 0 aliphatic heterocycles. The highest BCUT2D eigenvalue weighted by molar-refractivity contribution is 5.06. The van der Waals surface area contributed by atoms with Crippen molar-refractivity contribution < 1.29 is 18.1 Å². The van der Waals surface area contributed by atoms with E-state index in [-0.39, 0.29) is 0 Å². The van der Waals surface area contributed by atoms with Crippen molar-refractivity contribution in [1.29, 1.82) is 0 Å². The second-order valence-corrected chi connectivity index (χ2v) is 1.27. The van der Waals surface area contributed by atoms with Crippen LogP contribution >= 0.6 is 0 Å². The zero-order valence-corrected chi connectivity index (χ0v) is 4.13. The molecule has 0 saturated heterocycles. The van der Waals surface area contributed by atoms with E-state index < -0.39 is 18.8 Å². The van der Waals surface area contributed by atoms with E-state index in [0.29, 0.717) is 0 Å². The van der Waals surface area contributed by atoms with Crippen LogP contribution < -0.4 is 0 Å². The third-order valence-corrected chi connectivity index (χ3v) is 0.653. The van der Waals surface area contributed by atoms with Gasteiger partial charge in [-0.2, -0.15) is 0 Å². The predicted octanol–water partition coefficient (Wildman–Crippen LogP) is -1.66. The zero-order chi connectivity index (χ0) is 8.41. The Kier molecular flexibility index (Phi) is 1.45. The summed E-state index contributed by atoms with van der Waals surface area (Å²) in [5.74, 6) is 1.55. The van der Waals surface area contributed by atoms with Gasteiger partial charge in [0.1, 0.15) is 0 Å². The van der Waals surface area contributed by atoms with Gasteiger partial charge >= 0.3 is 0 Å². The minimum atomic E-state index is -2.98. The summed E-state index contributed by atoms with van der Waals surface area (Å²) in [6, 6.07) is 0. The molecule has 0 aromatic heterocycles. The van der Waals surface area contributed by atoms with Crippen LogP contribution in [0.1, 0.15) is 2.74 Å². The van der Waals surface area contributed by atoms with Crippen molar-refractivity contribution >= 4 is 0 Å². The fourth-order valence-electron chi connectivity index (χ4n) is 0.113. The Labute approximate surface area is 50.4 Å². The van der Waals surface area contributed by atoms with E-state index in [4.69, 9.17) is 18.1 Å². The van der Waals surface area contributed by atoms with Crippen molar-refractivity contribution in [3.63, 3.8) is 0 Å². The first-order valence-electron chi connectivity index (χ1n) is 2.91. The summed E-state index contributed by atoms with van der Waals surface area (Å²) in [7, 11) is 0. The molecule has 0 unspecified atom stereocenters. The Morgan fingerprint density at radius 2 is 2.25 bits per heavy atom. The summed E-state index contributed by atoms with van der Waals surface area (Å²) in [6.07, 6.45) is 4.64. The van der Waals surface area contributed by atoms with E-state index in [1.54, 1.807) is 5.92 Å². The summed E-state index contributed by atoms with van der Waals surface area (Å²) < 4.78 is 13.1. The van der Waals surface area contributed by atoms with Gasteiger partial charge in [-0.3, -0.25) is 0 Å². The summed E-state index contributed by atoms with van der Waals surface area (Å²) in [4.78, 5) is 0. The van der Waals surface area contributed by atoms with Gasteiger partial charge in [-0.15, -0.1) is 6.42 Å². The molecular formula is C5H8O3. The Bertz CT molecular complexity index is 157. The first kappa shape index (κ1) is 4.33. The van der Waals surface area contributed by atoms with E-state index in [0.717, 1.165) is 0 Å². The SMILES string of the molecule is [2H]C([2H])(O)[C@](O)(C#C)CO. The van der Waals surface area contributed by atoms with Gasteiger partial charge in [-0.1, -0.05) is 5.92 Å². The molecule has 0 rings (SSSR count). The predicted molar refractivity (Wildman–Crippen MR) is 28.0 cm³/mol. The average Bonchev–Trinajstić information content (AvgIpc) is 1.84. The molecule has 0 aromatic carbocycles. The first-order chi connectivity index (χ1) is 4.37. The molecule has 8 heavy (non-hydrogen) atoms. The van der Waals surface area contributed by atoms with Crippen molar-refractivity contribution in [3.8, 4) is 12.3 Å². The van der Waals surface area contributed by atoms with Crippen LogP contribution in [0.5, 0.6) is 0 Å². The van der Waals surface area contributed by atoms with E-state index >= 15 is 0 Å². The number of hydrogen-bond donors (Lipinski definition) is 3. The van der Waals surface area contributed by atoms with Crippen molar-refractivity contribution in [2.45, 2.75) is 5.60 Å². The monoisotopic (exact) mass is 118 g/mol. The number of aliphatic hydroxyl groups is 3. The summed E-state index contributed by atoms with van der Waals surface area (Å²) in [5, 5.41) is 25.7. The van der Waals surface area contributed by atoms with E-state index in [2.05, 4.69) is 6.42 Å². The first-order valence-corrected chi connectivity index (χ1v) is 1.91. The molecule has 0 amide bonds. The van der Waals surface area contributed by atoms with Crippen LogP contribution in [0.25, 0.3) is 0 Å². The number of aliphatic hydroxyl groups excluding tert-OH is 1. The lowest BCUT2D eigenvalue weighted by atomic mass is 10.1. The maximum Gasteiger partial charge on any atom is 0.171 e. The van der Waals surface area contributed by atoms with Gasteiger partial charge in [0.25, 0.3) is 0 Å². The Morgan fingerprint density at radius 1 is 1.75 bits per heavy atom. The summed E-state index contributed by atoms with van der Waals surface area (Å²) in [6.45, 7) is -4.00. The fraction of sp³-hybridized carbons (Fsp3) is 0.600. The van der Waals surface area contributed by atoms with Gasteiger partial charge in [0.2, 0.25) is 0 Å². The second-order valence-electron chi connectivity index (χ2n) is 1.27. The van der Waals surface area contributed by atoms with Gasteiger partial charge in [0.15, 0.2) is 5.60 Å². The maximum absolute atomic E-state index is 8.85. The van der Waals surface area contributed by atoms with Crippen LogP contribution in [-0.4, -0.2) is 34.1 Å². The minimum absolute atomic E-state index is 1.02. The zero-order valence-electron chi connectivity index (χ0n) is 6.13. The highest BCUT2D eigenvalue weighted by Gasteiger charge is 2.20. The van der Waals surface area contributed by atoms with E-state index in [9.17, 15) is 0 Å². The lowest BCUT2D eigenvalue weighted by Crippen LogP contribution is -2.35. The lowest BCUT2D eigenvalue weighted by Gasteiger charge is -2.13. The number of rotatable bonds is 2. The second kappa shape index (κ2) is 2.68. The van der Waals surface area contributed by atoms with Crippen LogP contribution in [0, 0.1) is 12.3 Å². The van der Waals surface area contributed by atoms with Crippen LogP contribution in [-0.2, 0) is 0 Å². The largest absolute Gasteiger partial charge is 0.392 e. The molecule has 0 fully saturated rings. The van der Waals surface area contributed by atoms with Crippen LogP contribution in [0.15, 0.2) is 0 Å². The quantitative estimate of drug-likeness (QED) is 0.380. The molecule has 0 saturated carbocycles. The van der Waals surface area contributed by atoms with Crippen molar-refractivity contribution in [3.05, 3.63) is 0 Å². The van der Waals surface area contributed by atoms with Crippen LogP contribution in [0.3, 0.4) is 0 Å². The van der Waals surface area contributed by atoms with Gasteiger partial charge in [0, 0.05) is 0 Å². The molecule has 3 N–H and O–H groups in total. The fourth-order valence-corrected chi connectivity index (χ4v) is 0.113. The van der Waals surface area contributed by atoms with E-state index in [1.165, 1.54) is 0 Å². The normalized spacial score (nSPS) is 22.2. The van der Waals surface area contributed by atoms with Crippen molar-refractivity contribution in [2.24, 2.45) is 0 Å². The van der Waals surface area contributed by atoms with Gasteiger partial charge in [0.05, 0.1) is 15.9 Å². The summed E-state index contributed by atoms with van der Waals surface area (Å²) >= 11 is 0. The Morgan fingerprint density at radius 3 is 2.25 bits per heavy atom. The Hall–Kier alpha value is -0.560. The van der Waals surface area contributed by atoms with Gasteiger partial charge in [-0.05, 0) is 0 Å². The molecular weight excluding hydrogens is 108 g/mol. The molecule has 0 aromatic rings. The van der Waals surface area contributed by atoms with Gasteiger partial charge in [-0.25, -0.2) is 0 Å². The summed E-state index contributed by atoms with van der Waals surface area (Å²) in [5.41, 5.74) is -2.51.